The van der Waals surface area contributed by atoms with E-state index in [1.165, 1.54) is 0 Å². The van der Waals surface area contributed by atoms with E-state index in [4.69, 9.17) is 0 Å². The third kappa shape index (κ3) is 3.14. The summed E-state index contributed by atoms with van der Waals surface area (Å²) < 4.78 is 247. The quantitative estimate of drug-likeness (QED) is 0.132. The van der Waals surface area contributed by atoms with Crippen molar-refractivity contribution in [3.63, 3.8) is 0 Å². The fraction of sp³-hybridized carbons (Fsp3) is 0.222. The molecule has 0 aromatic heterocycles. The molecule has 3 aromatic carbocycles. The first-order valence-corrected chi connectivity index (χ1v) is 8.40. The van der Waals surface area contributed by atoms with Crippen LogP contribution in [0, 0.1) is 52.4 Å². The maximum Gasteiger partial charge on any atom is 0.460 e. The lowest BCUT2D eigenvalue weighted by Gasteiger charge is -2.34. The average Bonchev–Trinajstić information content (AvgIpc) is 2.75. The molecule has 0 nitrogen and oxygen atoms in total. The second-order valence-electron chi connectivity index (χ2n) is 6.92. The Labute approximate surface area is 183 Å². The number of benzene rings is 3. The second kappa shape index (κ2) is 7.71. The van der Waals surface area contributed by atoms with E-state index in [-0.39, 0.29) is 0 Å². The summed E-state index contributed by atoms with van der Waals surface area (Å²) in [7, 11) is 0. The lowest BCUT2D eigenvalue weighted by Crippen LogP contribution is -2.59. The van der Waals surface area contributed by atoms with Crippen molar-refractivity contribution >= 4 is 21.5 Å². The van der Waals surface area contributed by atoms with Crippen LogP contribution < -0.4 is 0 Å². The van der Waals surface area contributed by atoms with Crippen LogP contribution >= 0.6 is 0 Å². The number of halogens is 18. The maximum atomic E-state index is 14.9. The van der Waals surface area contributed by atoms with Crippen molar-refractivity contribution in [3.05, 3.63) is 57.9 Å². The van der Waals surface area contributed by atoms with E-state index in [1.54, 1.807) is 0 Å². The van der Waals surface area contributed by atoms with Gasteiger partial charge < -0.3 is 0 Å². The van der Waals surface area contributed by atoms with Gasteiger partial charge in [-0.15, -0.1) is 0 Å². The third-order valence-corrected chi connectivity index (χ3v) is 4.93. The number of fused-ring (bicyclic) bond motifs is 2. The fourth-order valence-corrected chi connectivity index (χ4v) is 3.21. The van der Waals surface area contributed by atoms with Crippen LogP contribution in [0.15, 0.2) is 0 Å². The molecule has 0 fully saturated rings. The summed E-state index contributed by atoms with van der Waals surface area (Å²) >= 11 is 0. The maximum absolute atomic E-state index is 14.9. The Kier molecular flexibility index (Phi) is 5.89. The molecule has 0 amide bonds. The minimum Gasteiger partial charge on any atom is -0.205 e. The van der Waals surface area contributed by atoms with Gasteiger partial charge in [-0.2, -0.15) is 39.5 Å². The Balaban J connectivity index is 2.72. The van der Waals surface area contributed by atoms with Gasteiger partial charge in [-0.1, -0.05) is 0 Å². The van der Waals surface area contributed by atoms with Crippen molar-refractivity contribution in [1.82, 2.24) is 0 Å². The Bertz CT molecular complexity index is 1430. The molecule has 0 N–H and O–H groups in total. The lowest BCUT2D eigenvalue weighted by atomic mass is 9.89. The van der Waals surface area contributed by atoms with E-state index in [0.717, 1.165) is 0 Å². The molecule has 0 aliphatic carbocycles. The average molecular weight is 558 g/mol. The van der Waals surface area contributed by atoms with Gasteiger partial charge in [0.1, 0.15) is 11.6 Å². The number of hydrogen-bond donors (Lipinski definition) is 0. The van der Waals surface area contributed by atoms with Crippen molar-refractivity contribution in [2.24, 2.45) is 0 Å². The van der Waals surface area contributed by atoms with Gasteiger partial charge in [0, 0.05) is 5.39 Å². The summed E-state index contributed by atoms with van der Waals surface area (Å²) in [5.41, 5.74) is -3.91. The molecular weight excluding hydrogens is 558 g/mol. The van der Waals surface area contributed by atoms with Crippen molar-refractivity contribution < 1.29 is 79.0 Å². The van der Waals surface area contributed by atoms with E-state index in [1.807, 2.05) is 0 Å². The first-order valence-electron chi connectivity index (χ1n) is 8.40. The van der Waals surface area contributed by atoms with Crippen LogP contribution in [-0.2, 0) is 5.92 Å². The zero-order chi connectivity index (χ0) is 28.1. The summed E-state index contributed by atoms with van der Waals surface area (Å²) in [5.74, 6) is -51.9. The van der Waals surface area contributed by atoms with Crippen molar-refractivity contribution in [2.75, 3.05) is 0 Å². The Morgan fingerprint density at radius 3 is 0.972 bits per heavy atom. The number of hydrogen-bond acceptors (Lipinski definition) is 0. The van der Waals surface area contributed by atoms with Gasteiger partial charge in [0.2, 0.25) is 0 Å². The highest BCUT2D eigenvalue weighted by molar-refractivity contribution is 6.02. The molecule has 0 bridgehead atoms. The molecule has 3 aromatic rings. The van der Waals surface area contributed by atoms with Gasteiger partial charge >= 0.3 is 23.9 Å². The Morgan fingerprint density at radius 2 is 0.611 bits per heavy atom. The minimum atomic E-state index is -7.87. The Hall–Kier alpha value is -3.08. The van der Waals surface area contributed by atoms with Crippen LogP contribution in [0.1, 0.15) is 5.56 Å². The topological polar surface area (TPSA) is 0 Å². The van der Waals surface area contributed by atoms with E-state index in [9.17, 15) is 79.0 Å². The number of alkyl halides is 9. The summed E-state index contributed by atoms with van der Waals surface area (Å²) in [6.45, 7) is 0. The summed E-state index contributed by atoms with van der Waals surface area (Å²) in [4.78, 5) is 0. The zero-order valence-electron chi connectivity index (χ0n) is 15.8. The largest absolute Gasteiger partial charge is 0.460 e. The predicted octanol–water partition coefficient (Wildman–Crippen LogP) is 8.17. The molecule has 36 heavy (non-hydrogen) atoms. The van der Waals surface area contributed by atoms with Crippen molar-refractivity contribution in [1.29, 1.82) is 0 Å². The third-order valence-electron chi connectivity index (χ3n) is 4.93. The monoisotopic (exact) mass is 558 g/mol. The molecule has 0 atom stereocenters. The predicted molar refractivity (Wildman–Crippen MR) is 80.9 cm³/mol. The van der Waals surface area contributed by atoms with Gasteiger partial charge in [0.15, 0.2) is 40.7 Å². The van der Waals surface area contributed by atoms with Crippen molar-refractivity contribution in [3.8, 4) is 0 Å². The Morgan fingerprint density at radius 1 is 0.306 bits per heavy atom. The smallest absolute Gasteiger partial charge is 0.205 e. The molecule has 0 radical (unpaired) electrons. The molecule has 0 aliphatic rings. The fourth-order valence-electron chi connectivity index (χ4n) is 3.21. The van der Waals surface area contributed by atoms with Gasteiger partial charge in [0.05, 0.1) is 21.7 Å². The minimum absolute atomic E-state index is 2.51. The van der Waals surface area contributed by atoms with Gasteiger partial charge in [0.25, 0.3) is 0 Å². The van der Waals surface area contributed by atoms with E-state index < -0.39 is 103 Å². The van der Waals surface area contributed by atoms with E-state index in [0.29, 0.717) is 0 Å². The van der Waals surface area contributed by atoms with Gasteiger partial charge in [-0.3, -0.25) is 0 Å². The molecule has 0 saturated heterocycles. The molecule has 0 heterocycles. The second-order valence-corrected chi connectivity index (χ2v) is 6.92. The van der Waals surface area contributed by atoms with Crippen LogP contribution in [-0.4, -0.2) is 18.0 Å². The molecule has 18 heteroatoms. The van der Waals surface area contributed by atoms with Crippen molar-refractivity contribution in [2.45, 2.75) is 23.9 Å². The molecule has 0 spiro atoms. The van der Waals surface area contributed by atoms with Gasteiger partial charge in [-0.25, -0.2) is 39.5 Å². The van der Waals surface area contributed by atoms with Crippen LogP contribution in [0.5, 0.6) is 0 Å². The SMILES string of the molecule is Fc1c(F)c(F)c2c(F)c3c(C(F)(F)C(F)(F)C(F)(F)C(F)(F)F)c(F)c(F)c(F)c3c(F)c2c1F. The standard InChI is InChI=1S/C18F18/c19-6-1-2(7(20)4-3(6)9(22)13(26)14(27)10(4)23)8(21)12(25)11(24)5(1)15(28,29)16(30,31)17(32,33)18(34,35)36. The first-order chi connectivity index (χ1) is 16.1. The molecule has 0 saturated carbocycles. The highest BCUT2D eigenvalue weighted by atomic mass is 19.4. The van der Waals surface area contributed by atoms with Crippen LogP contribution in [0.2, 0.25) is 0 Å². The molecular formula is C18F18. The van der Waals surface area contributed by atoms with E-state index >= 15 is 0 Å². The van der Waals surface area contributed by atoms with Gasteiger partial charge in [-0.05, 0) is 0 Å². The first kappa shape index (κ1) is 27.5. The molecule has 3 rings (SSSR count). The molecule has 0 unspecified atom stereocenters. The highest BCUT2D eigenvalue weighted by Crippen LogP contribution is 2.58. The van der Waals surface area contributed by atoms with Crippen LogP contribution in [0.3, 0.4) is 0 Å². The molecule has 0 aliphatic heterocycles. The molecule has 198 valence electrons. The van der Waals surface area contributed by atoms with Crippen LogP contribution in [0.25, 0.3) is 21.5 Å². The summed E-state index contributed by atoms with van der Waals surface area (Å²) in [5, 5.41) is -11.2. The number of rotatable bonds is 3. The zero-order valence-corrected chi connectivity index (χ0v) is 15.8. The highest BCUT2D eigenvalue weighted by Gasteiger charge is 2.82. The lowest BCUT2D eigenvalue weighted by molar-refractivity contribution is -0.399. The van der Waals surface area contributed by atoms with Crippen LogP contribution in [0.4, 0.5) is 79.0 Å². The normalized spacial score (nSPS) is 13.8. The summed E-state index contributed by atoms with van der Waals surface area (Å²) in [6, 6.07) is 0. The summed E-state index contributed by atoms with van der Waals surface area (Å²) in [6.07, 6.45) is -7.54. The van der Waals surface area contributed by atoms with E-state index in [2.05, 4.69) is 0 Å².